The standard InChI is InChI=1S/C11H9.CH3.La/c1-9-6-7-10-4-2-3-5-11(10)8-9;;/h2-8H,1H2;1H3;/q2*-1;. The van der Waals surface area contributed by atoms with Gasteiger partial charge in [0.2, 0.25) is 0 Å². The molecule has 1 heteroatoms. The largest absolute Gasteiger partial charge is 0.358 e. The maximum Gasteiger partial charge on any atom is 0 e. The van der Waals surface area contributed by atoms with Crippen LogP contribution in [0.5, 0.6) is 0 Å². The van der Waals surface area contributed by atoms with Gasteiger partial charge in [-0.3, -0.25) is 0 Å². The van der Waals surface area contributed by atoms with Gasteiger partial charge in [0.1, 0.15) is 0 Å². The molecule has 0 amide bonds. The van der Waals surface area contributed by atoms with Gasteiger partial charge in [-0.25, -0.2) is 0 Å². The van der Waals surface area contributed by atoms with Crippen molar-refractivity contribution in [3.05, 3.63) is 62.4 Å². The number of hydrogen-bond acceptors (Lipinski definition) is 0. The quantitative estimate of drug-likeness (QED) is 0.653. The van der Waals surface area contributed by atoms with Crippen molar-refractivity contribution in [2.75, 3.05) is 0 Å². The number of fused-ring (bicyclic) bond motifs is 1. The van der Waals surface area contributed by atoms with Crippen LogP contribution in [0.2, 0.25) is 0 Å². The van der Waals surface area contributed by atoms with E-state index in [0.717, 1.165) is 5.56 Å². The molecule has 0 heterocycles. The average molecular weight is 295 g/mol. The first kappa shape index (κ1) is 12.8. The van der Waals surface area contributed by atoms with Crippen molar-refractivity contribution >= 4 is 10.8 Å². The topological polar surface area (TPSA) is 0 Å². The molecule has 2 rings (SSSR count). The van der Waals surface area contributed by atoms with E-state index in [1.54, 1.807) is 0 Å². The summed E-state index contributed by atoms with van der Waals surface area (Å²) in [5, 5.41) is 2.54. The summed E-state index contributed by atoms with van der Waals surface area (Å²) in [6.45, 7) is 3.87. The van der Waals surface area contributed by atoms with Crippen LogP contribution in [0.25, 0.3) is 10.8 Å². The Morgan fingerprint density at radius 3 is 2.15 bits per heavy atom. The second-order valence-corrected chi connectivity index (χ2v) is 2.68. The Bertz CT molecular complexity index is 380. The minimum Gasteiger partial charge on any atom is -0.358 e. The van der Waals surface area contributed by atoms with Crippen molar-refractivity contribution in [3.63, 3.8) is 0 Å². The molecule has 0 unspecified atom stereocenters. The smallest absolute Gasteiger partial charge is 0 e. The van der Waals surface area contributed by atoms with Crippen LogP contribution in [0.4, 0.5) is 0 Å². The fourth-order valence-corrected chi connectivity index (χ4v) is 1.24. The monoisotopic (exact) mass is 295 g/mol. The van der Waals surface area contributed by atoms with Gasteiger partial charge in [0, 0.05) is 35.6 Å². The molecule has 65 valence electrons. The fraction of sp³-hybridized carbons (Fsp3) is 0. The third-order valence-electron chi connectivity index (χ3n) is 1.81. The van der Waals surface area contributed by atoms with E-state index in [9.17, 15) is 0 Å². The molecule has 0 aromatic heterocycles. The Hall–Kier alpha value is -0.235. The summed E-state index contributed by atoms with van der Waals surface area (Å²) in [6.07, 6.45) is 0. The molecule has 0 atom stereocenters. The van der Waals surface area contributed by atoms with Gasteiger partial charge in [-0.15, -0.1) is 6.07 Å². The summed E-state index contributed by atoms with van der Waals surface area (Å²) in [6, 6.07) is 14.5. The minimum atomic E-state index is 0. The summed E-state index contributed by atoms with van der Waals surface area (Å²) in [4.78, 5) is 0. The molecule has 0 saturated heterocycles. The minimum absolute atomic E-state index is 0. The first-order valence-corrected chi connectivity index (χ1v) is 3.67. The molecule has 13 heavy (non-hydrogen) atoms. The summed E-state index contributed by atoms with van der Waals surface area (Å²) in [5.74, 6) is 0. The van der Waals surface area contributed by atoms with Crippen LogP contribution >= 0.6 is 0 Å². The molecular weight excluding hydrogens is 283 g/mol. The van der Waals surface area contributed by atoms with Gasteiger partial charge in [0.25, 0.3) is 0 Å². The number of benzene rings is 2. The molecule has 2 aromatic carbocycles. The second-order valence-electron chi connectivity index (χ2n) is 2.68. The van der Waals surface area contributed by atoms with Gasteiger partial charge in [0.15, 0.2) is 0 Å². The van der Waals surface area contributed by atoms with E-state index in [1.165, 1.54) is 10.8 Å². The summed E-state index contributed by atoms with van der Waals surface area (Å²) in [5.41, 5.74) is 1.07. The zero-order valence-electron chi connectivity index (χ0n) is 7.83. The van der Waals surface area contributed by atoms with Crippen molar-refractivity contribution in [2.45, 2.75) is 0 Å². The third-order valence-corrected chi connectivity index (χ3v) is 1.81. The van der Waals surface area contributed by atoms with Crippen LogP contribution in [-0.4, -0.2) is 0 Å². The van der Waals surface area contributed by atoms with E-state index in [4.69, 9.17) is 0 Å². The van der Waals surface area contributed by atoms with Gasteiger partial charge < -0.3 is 7.43 Å². The Balaban J connectivity index is 0.000000720. The number of rotatable bonds is 0. The molecule has 0 saturated carbocycles. The Morgan fingerprint density at radius 1 is 0.846 bits per heavy atom. The fourth-order valence-electron chi connectivity index (χ4n) is 1.24. The first-order chi connectivity index (χ1) is 5.36. The van der Waals surface area contributed by atoms with Gasteiger partial charge in [-0.05, 0) is 5.39 Å². The predicted molar refractivity (Wildman–Crippen MR) is 54.8 cm³/mol. The van der Waals surface area contributed by atoms with Crippen LogP contribution in [0.3, 0.4) is 0 Å². The second kappa shape index (κ2) is 5.49. The predicted octanol–water partition coefficient (Wildman–Crippen LogP) is 3.47. The molecule has 0 N–H and O–H groups in total. The van der Waals surface area contributed by atoms with Gasteiger partial charge in [-0.2, -0.15) is 24.6 Å². The van der Waals surface area contributed by atoms with E-state index in [2.05, 4.69) is 31.2 Å². The molecule has 0 fully saturated rings. The van der Waals surface area contributed by atoms with Crippen molar-refractivity contribution in [2.24, 2.45) is 0 Å². The van der Waals surface area contributed by atoms with E-state index >= 15 is 0 Å². The maximum absolute atomic E-state index is 3.87. The molecule has 0 bridgehead atoms. The van der Waals surface area contributed by atoms with E-state index in [1.807, 2.05) is 18.2 Å². The van der Waals surface area contributed by atoms with E-state index in [-0.39, 0.29) is 43.0 Å². The van der Waals surface area contributed by atoms with Gasteiger partial charge >= 0.3 is 0 Å². The SMILES string of the molecule is [CH2-]c1ccc2ccccc2c1.[CH3-].[La]. The van der Waals surface area contributed by atoms with Crippen molar-refractivity contribution in [1.29, 1.82) is 0 Å². The Morgan fingerprint density at radius 2 is 1.46 bits per heavy atom. The molecule has 2 aromatic rings. The zero-order valence-corrected chi connectivity index (χ0v) is 11.5. The average Bonchev–Trinajstić information content (AvgIpc) is 2.04. The normalized spacial score (nSPS) is 8.62. The van der Waals surface area contributed by atoms with Crippen molar-refractivity contribution in [1.82, 2.24) is 0 Å². The molecular formula is C12H12La-2. The van der Waals surface area contributed by atoms with Crippen LogP contribution in [0.15, 0.2) is 42.5 Å². The van der Waals surface area contributed by atoms with Gasteiger partial charge in [0.05, 0.1) is 0 Å². The maximum atomic E-state index is 3.87. The number of hydrogen-bond donors (Lipinski definition) is 0. The van der Waals surface area contributed by atoms with Crippen LogP contribution in [-0.2, 0) is 0 Å². The van der Waals surface area contributed by atoms with Crippen molar-refractivity contribution in [3.8, 4) is 0 Å². The van der Waals surface area contributed by atoms with Crippen LogP contribution < -0.4 is 0 Å². The first-order valence-electron chi connectivity index (χ1n) is 3.67. The summed E-state index contributed by atoms with van der Waals surface area (Å²) < 4.78 is 0. The van der Waals surface area contributed by atoms with Crippen molar-refractivity contribution < 1.29 is 35.6 Å². The molecule has 0 aliphatic heterocycles. The third kappa shape index (κ3) is 2.87. The Kier molecular flexibility index (Phi) is 5.39. The molecule has 0 nitrogen and oxygen atoms in total. The summed E-state index contributed by atoms with van der Waals surface area (Å²) >= 11 is 0. The molecule has 1 radical (unpaired) electrons. The zero-order chi connectivity index (χ0) is 7.68. The van der Waals surface area contributed by atoms with Gasteiger partial charge in [-0.1, -0.05) is 29.7 Å². The van der Waals surface area contributed by atoms with Crippen LogP contribution in [0, 0.1) is 49.9 Å². The summed E-state index contributed by atoms with van der Waals surface area (Å²) in [7, 11) is 0. The van der Waals surface area contributed by atoms with Crippen LogP contribution in [0.1, 0.15) is 5.56 Å². The van der Waals surface area contributed by atoms with E-state index < -0.39 is 0 Å². The Labute approximate surface area is 108 Å². The molecule has 0 aliphatic rings. The molecule has 0 spiro atoms. The van der Waals surface area contributed by atoms with E-state index in [0.29, 0.717) is 0 Å². The molecule has 0 aliphatic carbocycles.